The van der Waals surface area contributed by atoms with Gasteiger partial charge in [0.1, 0.15) is 30.3 Å². The Morgan fingerprint density at radius 2 is 1.13 bits per heavy atom. The zero-order chi connectivity index (χ0) is 49.6. The number of carboxylic acids is 1. The summed E-state index contributed by atoms with van der Waals surface area (Å²) in [5, 5.41) is 41.2. The van der Waals surface area contributed by atoms with Gasteiger partial charge in [-0.25, -0.2) is 20.9 Å². The summed E-state index contributed by atoms with van der Waals surface area (Å²) in [6.07, 6.45) is 13.0. The van der Waals surface area contributed by atoms with Crippen LogP contribution in [0.3, 0.4) is 0 Å². The molecule has 0 spiro atoms. The van der Waals surface area contributed by atoms with Gasteiger partial charge in [0.15, 0.2) is 0 Å². The van der Waals surface area contributed by atoms with E-state index in [-0.39, 0.29) is 48.5 Å². The zero-order valence-corrected chi connectivity index (χ0v) is 45.1. The first-order chi connectivity index (χ1) is 32.7. The van der Waals surface area contributed by atoms with Crippen molar-refractivity contribution in [2.24, 2.45) is 23.7 Å². The van der Waals surface area contributed by atoms with Crippen molar-refractivity contribution in [2.75, 3.05) is 11.1 Å². The van der Waals surface area contributed by atoms with Gasteiger partial charge in [0, 0.05) is 54.6 Å². The Morgan fingerprint density at radius 1 is 0.729 bits per heavy atom. The van der Waals surface area contributed by atoms with E-state index in [1.807, 2.05) is 84.9 Å². The molecular formula is C52H65I2LiN8O7-2. The third kappa shape index (κ3) is 20.7. The number of carbonyl (C=O) groups is 2. The minimum absolute atomic E-state index is 0. The molecule has 1 amide bonds. The molecule has 2 aromatic heterocycles. The maximum atomic E-state index is 12.5. The van der Waals surface area contributed by atoms with Gasteiger partial charge in [-0.2, -0.15) is 10.2 Å². The van der Waals surface area contributed by atoms with Crippen LogP contribution in [0.2, 0.25) is 0 Å². The maximum Gasteiger partial charge on any atom is 1.00 e. The first-order valence-electron chi connectivity index (χ1n) is 22.8. The number of carbonyl (C=O) groups excluding carboxylic acids is 3. The molecule has 0 radical (unpaired) electrons. The number of hydrogen-bond donors (Lipinski definition) is 4. The van der Waals surface area contributed by atoms with Crippen LogP contribution in [0.1, 0.15) is 117 Å². The third-order valence-electron chi connectivity index (χ3n) is 12.2. The Morgan fingerprint density at radius 3 is 1.51 bits per heavy atom. The molecule has 6 aromatic rings. The molecule has 0 aliphatic heterocycles. The summed E-state index contributed by atoms with van der Waals surface area (Å²) in [4.78, 5) is 39.4. The van der Waals surface area contributed by atoms with Crippen LogP contribution in [0.5, 0.6) is 0 Å². The first kappa shape index (κ1) is 61.6. The topological polar surface area (TPSA) is 244 Å². The summed E-state index contributed by atoms with van der Waals surface area (Å²) >= 11 is 4.24. The van der Waals surface area contributed by atoms with Gasteiger partial charge in [0.25, 0.3) is 0 Å². The van der Waals surface area contributed by atoms with E-state index in [1.165, 1.54) is 28.6 Å². The number of halogens is 2. The van der Waals surface area contributed by atoms with E-state index in [9.17, 15) is 19.8 Å². The molecule has 2 heterocycles. The number of amides is 1. The molecule has 6 N–H and O–H groups in total. The van der Waals surface area contributed by atoms with Crippen LogP contribution in [0.4, 0.5) is 11.4 Å². The molecule has 18 heteroatoms. The number of aromatic nitrogens is 6. The number of nitrogens with one attached hydrogen (secondary N) is 1. The number of carboxylic acid groups (broad SMARTS) is 1. The smallest absolute Gasteiger partial charge is 0.870 e. The average molecular weight is 1170 g/mol. The number of hydrogen-bond acceptors (Lipinski definition) is 12. The first-order valence-corrected chi connectivity index (χ1v) is 29.1. The summed E-state index contributed by atoms with van der Waals surface area (Å²) < 4.78 is 3.04. The summed E-state index contributed by atoms with van der Waals surface area (Å²) in [7, 11) is 0. The van der Waals surface area contributed by atoms with Gasteiger partial charge in [-0.3, -0.25) is 9.48 Å². The van der Waals surface area contributed by atoms with Gasteiger partial charge in [-0.1, -0.05) is 91.9 Å². The summed E-state index contributed by atoms with van der Waals surface area (Å²) in [5.41, 5.74) is 12.0. The summed E-state index contributed by atoms with van der Waals surface area (Å²) in [6.45, 7) is 8.06. The van der Waals surface area contributed by atoms with E-state index in [0.717, 1.165) is 74.4 Å². The van der Waals surface area contributed by atoms with Gasteiger partial charge in [0.2, 0.25) is 5.91 Å². The van der Waals surface area contributed by atoms with E-state index in [4.69, 9.17) is 15.6 Å². The normalized spacial score (nSPS) is 18.2. The van der Waals surface area contributed by atoms with Gasteiger partial charge in [0.05, 0.1) is 12.2 Å². The van der Waals surface area contributed by atoms with Crippen molar-refractivity contribution in [3.05, 3.63) is 156 Å². The second-order valence-corrected chi connectivity index (χ2v) is 17.4. The van der Waals surface area contributed by atoms with Crippen LogP contribution >= 0.6 is 37.2 Å². The monoisotopic (exact) mass is 1170 g/mol. The predicted molar refractivity (Wildman–Crippen MR) is 283 cm³/mol. The number of rotatable bonds is 13. The van der Waals surface area contributed by atoms with Crippen molar-refractivity contribution in [3.8, 4) is 0 Å². The fraction of sp³-hybridized carbons (Fsp3) is 0.404. The summed E-state index contributed by atoms with van der Waals surface area (Å²) in [5.74, 6) is 2.10. The third-order valence-corrected chi connectivity index (χ3v) is 12.2. The van der Waals surface area contributed by atoms with Crippen molar-refractivity contribution in [2.45, 2.75) is 110 Å². The molecule has 8 atom stereocenters. The molecule has 0 saturated heterocycles. The Balaban J connectivity index is 0.000000371. The number of benzene rings is 4. The second kappa shape index (κ2) is 32.5. The Hall–Kier alpha value is -4.49. The summed E-state index contributed by atoms with van der Waals surface area (Å²) in [6, 6.07) is 35.5. The van der Waals surface area contributed by atoms with E-state index in [2.05, 4.69) is 87.0 Å². The molecule has 0 bridgehead atoms. The SMILES string of the molecule is CC(=O)[O-].Cc1ncn([C@@H](C)C(=O)Nc2ccc(CC3CC[C@H]([C@H](O)c4ccccc4)C3)cc2)n1.Cc1ncn([C@@H](C)[C-]=O)n1.II.Nc1ccc(CC2CC[C@H]([C@H](O)c3ccccc3)C2)cc1.[Li+].[OH-]. The van der Waals surface area contributed by atoms with Crippen molar-refractivity contribution in [3.63, 3.8) is 0 Å². The van der Waals surface area contributed by atoms with Crippen LogP contribution in [-0.2, 0) is 27.2 Å². The molecule has 2 aliphatic carbocycles. The minimum Gasteiger partial charge on any atom is -0.870 e. The molecule has 4 aromatic carbocycles. The van der Waals surface area contributed by atoms with Crippen LogP contribution in [0.15, 0.2) is 122 Å². The molecule has 2 unspecified atom stereocenters. The van der Waals surface area contributed by atoms with E-state index in [1.54, 1.807) is 45.0 Å². The molecular weight excluding hydrogens is 1110 g/mol. The van der Waals surface area contributed by atoms with Gasteiger partial charge in [-0.15, -0.1) is 0 Å². The van der Waals surface area contributed by atoms with Gasteiger partial charge in [-0.05, 0) is 155 Å². The van der Waals surface area contributed by atoms with Gasteiger partial charge >= 0.3 is 18.9 Å². The number of nitrogens with two attached hydrogens (primary N) is 1. The van der Waals surface area contributed by atoms with E-state index in [0.29, 0.717) is 35.3 Å². The molecule has 8 rings (SSSR count). The van der Waals surface area contributed by atoms with Crippen molar-refractivity contribution in [1.29, 1.82) is 0 Å². The Kier molecular flexibility index (Phi) is 28.6. The largest absolute Gasteiger partial charge is 1.00 e. The predicted octanol–water partition coefficient (Wildman–Crippen LogP) is 6.05. The number of nitrogens with zero attached hydrogens (tertiary/aromatic N) is 6. The zero-order valence-electron chi connectivity index (χ0n) is 40.8. The van der Waals surface area contributed by atoms with Crippen LogP contribution in [-0.4, -0.2) is 63.4 Å². The van der Waals surface area contributed by atoms with Crippen LogP contribution in [0, 0.1) is 37.5 Å². The quantitative estimate of drug-likeness (QED) is 0.0447. The maximum absolute atomic E-state index is 12.5. The molecule has 2 saturated carbocycles. The Labute approximate surface area is 447 Å². The second-order valence-electron chi connectivity index (χ2n) is 17.4. The van der Waals surface area contributed by atoms with E-state index < -0.39 is 12.0 Å². The number of anilines is 2. The standard InChI is InChI=1S/C25H30N4O2.C19H23NO.C6H8N3O.C2H4O2.I2.Li.H2O/c1-17(29-16-26-18(2)28-29)25(31)27-23-12-9-19(10-13-23)14-20-8-11-22(15-20)24(30)21-6-4-3-5-7-21;20-18-10-7-14(8-11-18)12-15-6-9-17(13-15)19(21)16-4-2-1-3-5-16;1-5(3-10)9-4-7-6(2)8-9;1-2(3)4;1-2;;/h3-7,9-10,12-13,16-17,20,22,24,30H,8,11,14-15H2,1-2H3,(H,27,31);1-5,7-8,10-11,15,17,19,21H,6,9,12-13,20H2;4-5H,1-2H3;1H3,(H,3,4);;;1H2/q;;-1;;;+1;/p-2/t17-,20?,22-,24+;15?,17-,19+;5-;;;;/m000..../s1. The molecule has 2 aliphatic rings. The number of nitrogen functional groups attached to an aromatic ring is 1. The van der Waals surface area contributed by atoms with Crippen molar-refractivity contribution < 1.29 is 54.0 Å². The fourth-order valence-electron chi connectivity index (χ4n) is 8.58. The average Bonchev–Trinajstić information content (AvgIpc) is 4.20. The Bertz CT molecular complexity index is 2390. The number of aliphatic hydroxyl groups is 2. The van der Waals surface area contributed by atoms with Gasteiger partial charge < -0.3 is 41.4 Å². The molecule has 15 nitrogen and oxygen atoms in total. The van der Waals surface area contributed by atoms with Crippen LogP contribution < -0.4 is 35.0 Å². The van der Waals surface area contributed by atoms with Crippen molar-refractivity contribution >= 4 is 66.8 Å². The number of aliphatic hydroxyl groups excluding tert-OH is 2. The van der Waals surface area contributed by atoms with Crippen LogP contribution in [0.25, 0.3) is 0 Å². The van der Waals surface area contributed by atoms with Crippen molar-refractivity contribution in [1.82, 2.24) is 29.5 Å². The number of aryl methyl sites for hydroxylation is 2. The fourth-order valence-corrected chi connectivity index (χ4v) is 8.58. The molecule has 2 fully saturated rings. The molecule has 70 heavy (non-hydrogen) atoms. The minimum atomic E-state index is -1.08. The number of aliphatic carboxylic acids is 1. The molecule has 372 valence electrons. The van der Waals surface area contributed by atoms with E-state index >= 15 is 0 Å².